The SMILES string of the molecule is CCOc1ccc(NC(CC)c2ccccc2F)cc1Cl. The van der Waals surface area contributed by atoms with E-state index in [2.05, 4.69) is 5.32 Å². The lowest BCUT2D eigenvalue weighted by atomic mass is 10.0. The van der Waals surface area contributed by atoms with Crippen LogP contribution in [-0.2, 0) is 0 Å². The molecule has 2 nitrogen and oxygen atoms in total. The molecule has 0 amide bonds. The highest BCUT2D eigenvalue weighted by atomic mass is 35.5. The molecule has 1 N–H and O–H groups in total. The molecule has 0 bridgehead atoms. The van der Waals surface area contributed by atoms with Gasteiger partial charge in [0.15, 0.2) is 0 Å². The lowest BCUT2D eigenvalue weighted by Crippen LogP contribution is -2.11. The third-order valence-corrected chi connectivity index (χ3v) is 3.56. The van der Waals surface area contributed by atoms with Gasteiger partial charge in [0.1, 0.15) is 11.6 Å². The third kappa shape index (κ3) is 3.88. The van der Waals surface area contributed by atoms with Gasteiger partial charge >= 0.3 is 0 Å². The molecule has 21 heavy (non-hydrogen) atoms. The fourth-order valence-electron chi connectivity index (χ4n) is 2.22. The summed E-state index contributed by atoms with van der Waals surface area (Å²) >= 11 is 6.17. The smallest absolute Gasteiger partial charge is 0.138 e. The zero-order valence-corrected chi connectivity index (χ0v) is 13.0. The number of hydrogen-bond donors (Lipinski definition) is 1. The summed E-state index contributed by atoms with van der Waals surface area (Å²) in [6.07, 6.45) is 0.770. The molecule has 0 aliphatic rings. The van der Waals surface area contributed by atoms with Crippen LogP contribution in [0.3, 0.4) is 0 Å². The summed E-state index contributed by atoms with van der Waals surface area (Å²) < 4.78 is 19.3. The van der Waals surface area contributed by atoms with Crippen molar-refractivity contribution in [2.45, 2.75) is 26.3 Å². The van der Waals surface area contributed by atoms with Gasteiger partial charge in [0, 0.05) is 11.3 Å². The van der Waals surface area contributed by atoms with E-state index in [-0.39, 0.29) is 11.9 Å². The lowest BCUT2D eigenvalue weighted by Gasteiger charge is -2.20. The standard InChI is InChI=1S/C17H19ClFNO/c1-3-16(13-7-5-6-8-15(13)19)20-12-9-10-17(21-4-2)14(18)11-12/h5-11,16,20H,3-4H2,1-2H3. The van der Waals surface area contributed by atoms with E-state index in [1.807, 2.05) is 32.0 Å². The zero-order valence-electron chi connectivity index (χ0n) is 12.2. The predicted octanol–water partition coefficient (Wildman–Crippen LogP) is 5.44. The maximum Gasteiger partial charge on any atom is 0.138 e. The molecule has 0 saturated carbocycles. The molecule has 0 heterocycles. The van der Waals surface area contributed by atoms with Crippen molar-refractivity contribution >= 4 is 17.3 Å². The van der Waals surface area contributed by atoms with Crippen molar-refractivity contribution in [3.63, 3.8) is 0 Å². The van der Waals surface area contributed by atoms with Gasteiger partial charge < -0.3 is 10.1 Å². The van der Waals surface area contributed by atoms with E-state index < -0.39 is 0 Å². The van der Waals surface area contributed by atoms with Crippen molar-refractivity contribution in [1.82, 2.24) is 0 Å². The Morgan fingerprint density at radius 2 is 1.95 bits per heavy atom. The molecule has 112 valence electrons. The molecule has 0 aliphatic carbocycles. The summed E-state index contributed by atoms with van der Waals surface area (Å²) in [7, 11) is 0. The quantitative estimate of drug-likeness (QED) is 0.767. The van der Waals surface area contributed by atoms with Crippen LogP contribution in [-0.4, -0.2) is 6.61 Å². The molecule has 2 rings (SSSR count). The van der Waals surface area contributed by atoms with E-state index in [4.69, 9.17) is 16.3 Å². The minimum atomic E-state index is -0.200. The Kier molecular flexibility index (Phi) is 5.45. The molecule has 2 aromatic rings. The lowest BCUT2D eigenvalue weighted by molar-refractivity contribution is 0.340. The van der Waals surface area contributed by atoms with E-state index in [0.717, 1.165) is 12.1 Å². The summed E-state index contributed by atoms with van der Waals surface area (Å²) in [4.78, 5) is 0. The molecule has 0 radical (unpaired) electrons. The zero-order chi connectivity index (χ0) is 15.2. The van der Waals surface area contributed by atoms with Gasteiger partial charge in [0.25, 0.3) is 0 Å². The van der Waals surface area contributed by atoms with Gasteiger partial charge in [-0.1, -0.05) is 36.7 Å². The van der Waals surface area contributed by atoms with Gasteiger partial charge in [-0.25, -0.2) is 4.39 Å². The Labute approximate surface area is 129 Å². The minimum Gasteiger partial charge on any atom is -0.492 e. The fraction of sp³-hybridized carbons (Fsp3) is 0.294. The first-order valence-corrected chi connectivity index (χ1v) is 7.46. The van der Waals surface area contributed by atoms with Crippen LogP contribution in [0.25, 0.3) is 0 Å². The van der Waals surface area contributed by atoms with Crippen LogP contribution in [0.5, 0.6) is 5.75 Å². The monoisotopic (exact) mass is 307 g/mol. The Balaban J connectivity index is 2.19. The van der Waals surface area contributed by atoms with Crippen LogP contribution < -0.4 is 10.1 Å². The van der Waals surface area contributed by atoms with Gasteiger partial charge in [-0.3, -0.25) is 0 Å². The van der Waals surface area contributed by atoms with E-state index >= 15 is 0 Å². The second-order valence-electron chi connectivity index (χ2n) is 4.70. The van der Waals surface area contributed by atoms with Crippen molar-refractivity contribution in [1.29, 1.82) is 0 Å². The Morgan fingerprint density at radius 1 is 1.19 bits per heavy atom. The van der Waals surface area contributed by atoms with Crippen LogP contribution >= 0.6 is 11.6 Å². The Hall–Kier alpha value is -1.74. The summed E-state index contributed by atoms with van der Waals surface area (Å²) in [5.41, 5.74) is 1.50. The van der Waals surface area contributed by atoms with Gasteiger partial charge in [-0.15, -0.1) is 0 Å². The number of ether oxygens (including phenoxy) is 1. The average molecular weight is 308 g/mol. The summed E-state index contributed by atoms with van der Waals surface area (Å²) in [5.74, 6) is 0.456. The maximum absolute atomic E-state index is 13.9. The number of hydrogen-bond acceptors (Lipinski definition) is 2. The molecule has 0 spiro atoms. The van der Waals surface area contributed by atoms with Crippen LogP contribution in [0.1, 0.15) is 31.9 Å². The van der Waals surface area contributed by atoms with Gasteiger partial charge in [-0.2, -0.15) is 0 Å². The van der Waals surface area contributed by atoms with Crippen LogP contribution in [0, 0.1) is 5.82 Å². The Bertz CT molecular complexity index is 603. The first-order chi connectivity index (χ1) is 10.2. The second-order valence-corrected chi connectivity index (χ2v) is 5.11. The minimum absolute atomic E-state index is 0.0970. The van der Waals surface area contributed by atoms with E-state index in [0.29, 0.717) is 22.9 Å². The third-order valence-electron chi connectivity index (χ3n) is 3.26. The largest absolute Gasteiger partial charge is 0.492 e. The van der Waals surface area contributed by atoms with Crippen LogP contribution in [0.15, 0.2) is 42.5 Å². The molecule has 1 atom stereocenters. The van der Waals surface area contributed by atoms with E-state index in [1.54, 1.807) is 18.2 Å². The predicted molar refractivity (Wildman–Crippen MR) is 85.7 cm³/mol. The number of nitrogens with one attached hydrogen (secondary N) is 1. The fourth-order valence-corrected chi connectivity index (χ4v) is 2.46. The second kappa shape index (κ2) is 7.32. The average Bonchev–Trinajstić information content (AvgIpc) is 2.48. The van der Waals surface area contributed by atoms with Crippen molar-refractivity contribution in [3.05, 3.63) is 58.9 Å². The van der Waals surface area contributed by atoms with Crippen LogP contribution in [0.2, 0.25) is 5.02 Å². The summed E-state index contributed by atoms with van der Waals surface area (Å²) in [6.45, 7) is 4.49. The topological polar surface area (TPSA) is 21.3 Å². The molecule has 2 aromatic carbocycles. The first-order valence-electron chi connectivity index (χ1n) is 7.09. The van der Waals surface area contributed by atoms with Crippen molar-refractivity contribution < 1.29 is 9.13 Å². The maximum atomic E-state index is 13.9. The number of benzene rings is 2. The molecule has 0 fully saturated rings. The summed E-state index contributed by atoms with van der Waals surface area (Å²) in [5, 5.41) is 3.86. The molecule has 1 unspecified atom stereocenters. The number of anilines is 1. The highest BCUT2D eigenvalue weighted by Crippen LogP contribution is 2.30. The Morgan fingerprint density at radius 3 is 2.57 bits per heavy atom. The van der Waals surface area contributed by atoms with Crippen LogP contribution in [0.4, 0.5) is 10.1 Å². The van der Waals surface area contributed by atoms with Crippen molar-refractivity contribution in [2.75, 3.05) is 11.9 Å². The molecule has 0 aromatic heterocycles. The van der Waals surface area contributed by atoms with Gasteiger partial charge in [0.2, 0.25) is 0 Å². The van der Waals surface area contributed by atoms with Gasteiger partial charge in [0.05, 0.1) is 17.7 Å². The van der Waals surface area contributed by atoms with Crippen molar-refractivity contribution in [2.24, 2.45) is 0 Å². The highest BCUT2D eigenvalue weighted by molar-refractivity contribution is 6.32. The van der Waals surface area contributed by atoms with Gasteiger partial charge in [-0.05, 0) is 37.6 Å². The number of rotatable bonds is 6. The molecular weight excluding hydrogens is 289 g/mol. The molecular formula is C17H19ClFNO. The number of halogens is 2. The molecule has 0 aliphatic heterocycles. The van der Waals surface area contributed by atoms with E-state index in [9.17, 15) is 4.39 Å². The molecule has 0 saturated heterocycles. The molecule has 4 heteroatoms. The summed E-state index contributed by atoms with van der Waals surface area (Å²) in [6, 6.07) is 12.2. The highest BCUT2D eigenvalue weighted by Gasteiger charge is 2.14. The normalized spacial score (nSPS) is 12.0. The van der Waals surface area contributed by atoms with E-state index in [1.165, 1.54) is 6.07 Å². The van der Waals surface area contributed by atoms with Crippen molar-refractivity contribution in [3.8, 4) is 5.75 Å². The first kappa shape index (κ1) is 15.6.